The quantitative estimate of drug-likeness (QED) is 0.116. The summed E-state index contributed by atoms with van der Waals surface area (Å²) in [5.74, 6) is 0.138. The molecule has 0 aliphatic carbocycles. The Morgan fingerprint density at radius 1 is 0.304 bits per heavy atom. The Labute approximate surface area is 278 Å². The molecule has 230 valence electrons. The van der Waals surface area contributed by atoms with Gasteiger partial charge in [-0.3, -0.25) is 0 Å². The summed E-state index contributed by atoms with van der Waals surface area (Å²) in [7, 11) is -2.64. The van der Waals surface area contributed by atoms with E-state index in [1.165, 1.54) is 66.0 Å². The van der Waals surface area contributed by atoms with E-state index in [0.717, 1.165) is 0 Å². The molecule has 0 amide bonds. The molecule has 0 aromatic heterocycles. The minimum absolute atomic E-state index is 0.138. The zero-order valence-electron chi connectivity index (χ0n) is 28.4. The summed E-state index contributed by atoms with van der Waals surface area (Å²) < 4.78 is 0. The van der Waals surface area contributed by atoms with Crippen LogP contribution < -0.4 is 10.4 Å². The highest BCUT2D eigenvalue weighted by Gasteiger charge is 2.19. The number of hydrogen-bond acceptors (Lipinski definition) is 0. The van der Waals surface area contributed by atoms with Crippen molar-refractivity contribution in [3.63, 3.8) is 0 Å². The first-order valence-corrected chi connectivity index (χ1v) is 23.5. The molecule has 6 rings (SSSR count). The lowest BCUT2D eigenvalue weighted by Gasteiger charge is -2.21. The zero-order valence-corrected chi connectivity index (χ0v) is 30.4. The van der Waals surface area contributed by atoms with Crippen LogP contribution in [-0.4, -0.2) is 16.1 Å². The third-order valence-electron chi connectivity index (χ3n) is 9.29. The van der Waals surface area contributed by atoms with Crippen molar-refractivity contribution in [1.29, 1.82) is 0 Å². The largest absolute Gasteiger partial charge is 0.0775 e. The Kier molecular flexibility index (Phi) is 8.87. The number of aryl methyl sites for hydroxylation is 1. The summed E-state index contributed by atoms with van der Waals surface area (Å²) in [6, 6.07) is 54.9. The number of benzene rings is 6. The van der Waals surface area contributed by atoms with Gasteiger partial charge in [0.1, 0.15) is 0 Å². The third-order valence-corrected chi connectivity index (χ3v) is 13.4. The van der Waals surface area contributed by atoms with Crippen molar-refractivity contribution >= 4 is 26.5 Å². The molecular weight excluding hydrogens is 585 g/mol. The normalized spacial score (nSPS) is 12.0. The molecule has 0 fully saturated rings. The van der Waals surface area contributed by atoms with Crippen molar-refractivity contribution in [3.8, 4) is 33.4 Å². The van der Waals surface area contributed by atoms with Crippen LogP contribution in [0.4, 0.5) is 0 Å². The van der Waals surface area contributed by atoms with Crippen LogP contribution in [0.2, 0.25) is 39.3 Å². The molecule has 0 radical (unpaired) electrons. The fourth-order valence-corrected chi connectivity index (χ4v) is 8.59. The monoisotopic (exact) mass is 630 g/mol. The lowest BCUT2D eigenvalue weighted by Crippen LogP contribution is -2.37. The summed E-state index contributed by atoms with van der Waals surface area (Å²) in [5, 5.41) is 3.00. The van der Waals surface area contributed by atoms with Crippen molar-refractivity contribution < 1.29 is 0 Å². The second-order valence-corrected chi connectivity index (χ2v) is 25.0. The SMILES string of the molecule is Cc1ccc(-c2ccc(C(c3ccc(-c4ccc([Si](C)(C)C)cc4)cc3)c3ccc(-c4ccc([Si](C)(C)C)cc4)cc3)cc2)cc1. The number of hydrogen-bond donors (Lipinski definition) is 0. The highest BCUT2D eigenvalue weighted by Crippen LogP contribution is 2.35. The first kappa shape index (κ1) is 31.7. The van der Waals surface area contributed by atoms with Crippen molar-refractivity contribution in [2.45, 2.75) is 52.1 Å². The maximum Gasteiger partial charge on any atom is 0.0775 e. The van der Waals surface area contributed by atoms with E-state index in [1.807, 2.05) is 0 Å². The molecule has 6 aromatic carbocycles. The molecule has 0 unspecified atom stereocenters. The van der Waals surface area contributed by atoms with E-state index in [0.29, 0.717) is 0 Å². The molecule has 0 aliphatic heterocycles. The maximum absolute atomic E-state index is 2.40. The predicted octanol–water partition coefficient (Wildman–Crippen LogP) is 11.3. The van der Waals surface area contributed by atoms with Gasteiger partial charge in [0.2, 0.25) is 0 Å². The average molecular weight is 631 g/mol. The Morgan fingerprint density at radius 3 is 0.761 bits per heavy atom. The molecule has 0 saturated carbocycles. The topological polar surface area (TPSA) is 0 Å². The van der Waals surface area contributed by atoms with Crippen molar-refractivity contribution in [2.75, 3.05) is 0 Å². The van der Waals surface area contributed by atoms with Gasteiger partial charge in [0, 0.05) is 5.92 Å². The minimum Gasteiger partial charge on any atom is -0.0656 e. The molecule has 0 atom stereocenters. The Bertz CT molecular complexity index is 1780. The highest BCUT2D eigenvalue weighted by molar-refractivity contribution is 6.89. The fraction of sp³-hybridized carbons (Fsp3) is 0.182. The minimum atomic E-state index is -1.32. The van der Waals surface area contributed by atoms with Gasteiger partial charge in [0.25, 0.3) is 0 Å². The first-order chi connectivity index (χ1) is 22.0. The molecule has 0 spiro atoms. The van der Waals surface area contributed by atoms with Gasteiger partial charge in [-0.15, -0.1) is 0 Å². The van der Waals surface area contributed by atoms with E-state index in [9.17, 15) is 0 Å². The summed E-state index contributed by atoms with van der Waals surface area (Å²) in [5.41, 5.74) is 12.8. The van der Waals surface area contributed by atoms with Crippen LogP contribution in [-0.2, 0) is 0 Å². The summed E-state index contributed by atoms with van der Waals surface area (Å²) in [6.45, 7) is 16.6. The lowest BCUT2D eigenvalue weighted by atomic mass is 9.83. The molecule has 2 heteroatoms. The molecule has 0 nitrogen and oxygen atoms in total. The third kappa shape index (κ3) is 7.09. The van der Waals surface area contributed by atoms with Gasteiger partial charge in [0.05, 0.1) is 16.1 Å². The van der Waals surface area contributed by atoms with E-state index in [-0.39, 0.29) is 5.92 Å². The summed E-state index contributed by atoms with van der Waals surface area (Å²) >= 11 is 0. The molecular formula is C44H46Si2. The van der Waals surface area contributed by atoms with Gasteiger partial charge < -0.3 is 0 Å². The number of rotatable bonds is 8. The summed E-state index contributed by atoms with van der Waals surface area (Å²) in [4.78, 5) is 0. The van der Waals surface area contributed by atoms with Crippen LogP contribution in [0, 0.1) is 6.92 Å². The molecule has 0 saturated heterocycles. The summed E-state index contributed by atoms with van der Waals surface area (Å²) in [6.07, 6.45) is 0. The van der Waals surface area contributed by atoms with Crippen LogP contribution in [0.3, 0.4) is 0 Å². The van der Waals surface area contributed by atoms with E-state index in [1.54, 1.807) is 0 Å². The van der Waals surface area contributed by atoms with Gasteiger partial charge >= 0.3 is 0 Å². The molecule has 0 bridgehead atoms. The predicted molar refractivity (Wildman–Crippen MR) is 207 cm³/mol. The lowest BCUT2D eigenvalue weighted by molar-refractivity contribution is 0.978. The average Bonchev–Trinajstić information content (AvgIpc) is 3.06. The Morgan fingerprint density at radius 2 is 0.522 bits per heavy atom. The standard InChI is InChI=1S/C44H46Si2/c1-32-8-10-33(11-9-32)34-12-18-39(19-13-34)44(40-20-14-35(15-21-40)37-24-28-42(29-25-37)45(2,3)4)41-22-16-36(17-23-41)38-26-30-43(31-27-38)46(5,6)7/h8-31,44H,1-7H3. The maximum atomic E-state index is 2.40. The van der Waals surface area contributed by atoms with E-state index in [2.05, 4.69) is 192 Å². The van der Waals surface area contributed by atoms with Crippen LogP contribution >= 0.6 is 0 Å². The van der Waals surface area contributed by atoms with E-state index >= 15 is 0 Å². The van der Waals surface area contributed by atoms with Gasteiger partial charge in [-0.05, 0) is 57.0 Å². The van der Waals surface area contributed by atoms with Gasteiger partial charge in [-0.2, -0.15) is 0 Å². The van der Waals surface area contributed by atoms with Gasteiger partial charge in [-0.1, -0.05) is 201 Å². The van der Waals surface area contributed by atoms with Gasteiger partial charge in [-0.25, -0.2) is 0 Å². The second kappa shape index (κ2) is 12.9. The smallest absolute Gasteiger partial charge is 0.0656 e. The fourth-order valence-electron chi connectivity index (χ4n) is 6.25. The van der Waals surface area contributed by atoms with Crippen LogP contribution in [0.1, 0.15) is 28.2 Å². The molecule has 46 heavy (non-hydrogen) atoms. The Hall–Kier alpha value is -4.25. The van der Waals surface area contributed by atoms with Crippen molar-refractivity contribution in [2.24, 2.45) is 0 Å². The molecule has 6 aromatic rings. The highest BCUT2D eigenvalue weighted by atomic mass is 28.3. The van der Waals surface area contributed by atoms with Crippen LogP contribution in [0.15, 0.2) is 146 Å². The van der Waals surface area contributed by atoms with Crippen molar-refractivity contribution in [3.05, 3.63) is 168 Å². The van der Waals surface area contributed by atoms with E-state index < -0.39 is 16.1 Å². The van der Waals surface area contributed by atoms with Crippen LogP contribution in [0.5, 0.6) is 0 Å². The van der Waals surface area contributed by atoms with E-state index in [4.69, 9.17) is 0 Å². The molecule has 0 aliphatic rings. The van der Waals surface area contributed by atoms with Crippen molar-refractivity contribution in [1.82, 2.24) is 0 Å². The first-order valence-electron chi connectivity index (χ1n) is 16.5. The van der Waals surface area contributed by atoms with Crippen LogP contribution in [0.25, 0.3) is 33.4 Å². The molecule has 0 N–H and O–H groups in total. The zero-order chi connectivity index (χ0) is 32.5. The second-order valence-electron chi connectivity index (χ2n) is 14.8. The molecule has 0 heterocycles. The van der Waals surface area contributed by atoms with Gasteiger partial charge in [0.15, 0.2) is 0 Å². The Balaban J connectivity index is 1.34.